The van der Waals surface area contributed by atoms with E-state index in [2.05, 4.69) is 63.8 Å². The minimum absolute atomic E-state index is 0.859. The van der Waals surface area contributed by atoms with E-state index < -0.39 is 0 Å². The number of nitrogens with zero attached hydrogens (tertiary/aromatic N) is 2. The van der Waals surface area contributed by atoms with E-state index in [0.717, 1.165) is 18.3 Å². The molecule has 1 aromatic carbocycles. The third-order valence-electron chi connectivity index (χ3n) is 2.93. The van der Waals surface area contributed by atoms with Gasteiger partial charge in [0.1, 0.15) is 0 Å². The lowest BCUT2D eigenvalue weighted by Gasteiger charge is -2.08. The fourth-order valence-electron chi connectivity index (χ4n) is 2.09. The molecule has 0 spiro atoms. The predicted octanol–water partition coefficient (Wildman–Crippen LogP) is 3.70. The smallest absolute Gasteiger partial charge is 0.0662 e. The Balaban J connectivity index is 2.27. The van der Waals surface area contributed by atoms with Crippen molar-refractivity contribution >= 4 is 15.9 Å². The van der Waals surface area contributed by atoms with Gasteiger partial charge in [0.15, 0.2) is 0 Å². The van der Waals surface area contributed by atoms with Crippen LogP contribution in [0.2, 0.25) is 0 Å². The Kier molecular flexibility index (Phi) is 4.00. The van der Waals surface area contributed by atoms with Crippen LogP contribution in [0.1, 0.15) is 29.3 Å². The Bertz CT molecular complexity index is 503. The van der Waals surface area contributed by atoms with E-state index in [1.165, 1.54) is 22.4 Å². The summed E-state index contributed by atoms with van der Waals surface area (Å²) >= 11 is 3.51. The van der Waals surface area contributed by atoms with Crippen LogP contribution in [0.4, 0.5) is 0 Å². The maximum absolute atomic E-state index is 4.47. The maximum Gasteiger partial charge on any atom is 0.0662 e. The summed E-state index contributed by atoms with van der Waals surface area (Å²) in [6.07, 6.45) is 2.98. The summed E-state index contributed by atoms with van der Waals surface area (Å²) in [6, 6.07) is 8.60. The van der Waals surface area contributed by atoms with Crippen molar-refractivity contribution in [2.45, 2.75) is 32.1 Å². The molecule has 2 nitrogen and oxygen atoms in total. The third-order valence-corrected chi connectivity index (χ3v) is 3.53. The zero-order valence-corrected chi connectivity index (χ0v) is 11.9. The minimum atomic E-state index is 0.859. The van der Waals surface area contributed by atoms with Gasteiger partial charge in [0.05, 0.1) is 12.7 Å². The van der Waals surface area contributed by atoms with Crippen LogP contribution in [-0.4, -0.2) is 9.78 Å². The van der Waals surface area contributed by atoms with E-state index in [9.17, 15) is 0 Å². The van der Waals surface area contributed by atoms with Crippen LogP contribution >= 0.6 is 15.9 Å². The molecule has 1 aromatic heterocycles. The number of rotatable bonds is 4. The van der Waals surface area contributed by atoms with Crippen molar-refractivity contribution in [1.29, 1.82) is 0 Å². The third kappa shape index (κ3) is 2.78. The highest BCUT2D eigenvalue weighted by Crippen LogP contribution is 2.15. The van der Waals surface area contributed by atoms with Gasteiger partial charge in [-0.15, -0.1) is 0 Å². The first-order valence-corrected chi connectivity index (χ1v) is 7.01. The first kappa shape index (κ1) is 12.4. The Morgan fingerprint density at radius 2 is 2.18 bits per heavy atom. The van der Waals surface area contributed by atoms with Gasteiger partial charge in [-0.2, -0.15) is 5.10 Å². The van der Waals surface area contributed by atoms with E-state index in [1.807, 2.05) is 6.20 Å². The SMILES string of the molecule is CCc1c(CBr)cnn1Cc1cccc(C)c1. The summed E-state index contributed by atoms with van der Waals surface area (Å²) in [5.74, 6) is 0. The number of alkyl halides is 1. The van der Waals surface area contributed by atoms with E-state index in [1.54, 1.807) is 0 Å². The lowest BCUT2D eigenvalue weighted by molar-refractivity contribution is 0.648. The second kappa shape index (κ2) is 5.50. The molecule has 0 saturated heterocycles. The van der Waals surface area contributed by atoms with Crippen LogP contribution in [-0.2, 0) is 18.3 Å². The van der Waals surface area contributed by atoms with E-state index >= 15 is 0 Å². The van der Waals surface area contributed by atoms with Gasteiger partial charge >= 0.3 is 0 Å². The highest BCUT2D eigenvalue weighted by atomic mass is 79.9. The summed E-state index contributed by atoms with van der Waals surface area (Å²) in [5, 5.41) is 5.35. The summed E-state index contributed by atoms with van der Waals surface area (Å²) in [4.78, 5) is 0. The molecule has 90 valence electrons. The van der Waals surface area contributed by atoms with Gasteiger partial charge in [0.25, 0.3) is 0 Å². The monoisotopic (exact) mass is 292 g/mol. The van der Waals surface area contributed by atoms with Crippen molar-refractivity contribution < 1.29 is 0 Å². The molecule has 0 aliphatic heterocycles. The average molecular weight is 293 g/mol. The Labute approximate surface area is 111 Å². The number of aromatic nitrogens is 2. The van der Waals surface area contributed by atoms with Gasteiger partial charge in [-0.25, -0.2) is 0 Å². The van der Waals surface area contributed by atoms with Crippen LogP contribution in [0, 0.1) is 6.92 Å². The van der Waals surface area contributed by atoms with Gasteiger partial charge in [-0.3, -0.25) is 4.68 Å². The number of aryl methyl sites for hydroxylation is 1. The van der Waals surface area contributed by atoms with Crippen molar-refractivity contribution in [3.8, 4) is 0 Å². The summed E-state index contributed by atoms with van der Waals surface area (Å²) in [5.41, 5.74) is 5.22. The van der Waals surface area contributed by atoms with Crippen LogP contribution in [0.5, 0.6) is 0 Å². The molecule has 0 atom stereocenters. The van der Waals surface area contributed by atoms with Crippen LogP contribution in [0.25, 0.3) is 0 Å². The predicted molar refractivity (Wildman–Crippen MR) is 74.5 cm³/mol. The average Bonchev–Trinajstić information content (AvgIpc) is 2.71. The van der Waals surface area contributed by atoms with E-state index in [-0.39, 0.29) is 0 Å². The summed E-state index contributed by atoms with van der Waals surface area (Å²) < 4.78 is 2.10. The molecule has 0 aliphatic carbocycles. The largest absolute Gasteiger partial charge is 0.265 e. The zero-order valence-electron chi connectivity index (χ0n) is 10.3. The standard InChI is InChI=1S/C14H17BrN2/c1-3-14-13(8-15)9-16-17(14)10-12-6-4-5-11(2)7-12/h4-7,9H,3,8,10H2,1-2H3. The van der Waals surface area contributed by atoms with Crippen molar-refractivity contribution in [2.75, 3.05) is 0 Å². The molecule has 0 aliphatic rings. The second-order valence-corrected chi connectivity index (χ2v) is 4.81. The van der Waals surface area contributed by atoms with Crippen LogP contribution in [0.3, 0.4) is 0 Å². The molecule has 0 bridgehead atoms. The van der Waals surface area contributed by atoms with Crippen molar-refractivity contribution in [3.63, 3.8) is 0 Å². The molecule has 0 N–H and O–H groups in total. The molecule has 1 heterocycles. The molecular weight excluding hydrogens is 276 g/mol. The first-order valence-electron chi connectivity index (χ1n) is 5.89. The van der Waals surface area contributed by atoms with Gasteiger partial charge in [0, 0.05) is 16.6 Å². The van der Waals surface area contributed by atoms with Crippen molar-refractivity contribution in [2.24, 2.45) is 0 Å². The molecule has 0 amide bonds. The maximum atomic E-state index is 4.47. The second-order valence-electron chi connectivity index (χ2n) is 4.25. The highest BCUT2D eigenvalue weighted by molar-refractivity contribution is 9.08. The molecular formula is C14H17BrN2. The van der Waals surface area contributed by atoms with Crippen molar-refractivity contribution in [1.82, 2.24) is 9.78 Å². The molecule has 0 fully saturated rings. The molecule has 3 heteroatoms. The topological polar surface area (TPSA) is 17.8 Å². The Morgan fingerprint density at radius 1 is 1.35 bits per heavy atom. The number of halogens is 1. The lowest BCUT2D eigenvalue weighted by Crippen LogP contribution is -2.06. The van der Waals surface area contributed by atoms with Gasteiger partial charge < -0.3 is 0 Å². The Hall–Kier alpha value is -1.09. The molecule has 17 heavy (non-hydrogen) atoms. The van der Waals surface area contributed by atoms with Gasteiger partial charge in [0.2, 0.25) is 0 Å². The molecule has 0 radical (unpaired) electrons. The molecule has 0 saturated carbocycles. The van der Waals surface area contributed by atoms with Crippen LogP contribution < -0.4 is 0 Å². The Morgan fingerprint density at radius 3 is 2.82 bits per heavy atom. The number of benzene rings is 1. The molecule has 2 rings (SSSR count). The van der Waals surface area contributed by atoms with E-state index in [0.29, 0.717) is 0 Å². The fourth-order valence-corrected chi connectivity index (χ4v) is 2.56. The lowest BCUT2D eigenvalue weighted by atomic mass is 10.1. The molecule has 0 unspecified atom stereocenters. The minimum Gasteiger partial charge on any atom is -0.265 e. The molecule has 2 aromatic rings. The number of hydrogen-bond donors (Lipinski definition) is 0. The van der Waals surface area contributed by atoms with Crippen molar-refractivity contribution in [3.05, 3.63) is 52.8 Å². The quantitative estimate of drug-likeness (QED) is 0.786. The summed E-state index contributed by atoms with van der Waals surface area (Å²) in [7, 11) is 0. The zero-order chi connectivity index (χ0) is 12.3. The normalized spacial score (nSPS) is 10.8. The highest BCUT2D eigenvalue weighted by Gasteiger charge is 2.08. The number of hydrogen-bond acceptors (Lipinski definition) is 1. The summed E-state index contributed by atoms with van der Waals surface area (Å²) in [6.45, 7) is 5.16. The van der Waals surface area contributed by atoms with E-state index in [4.69, 9.17) is 0 Å². The van der Waals surface area contributed by atoms with Gasteiger partial charge in [-0.1, -0.05) is 52.7 Å². The fraction of sp³-hybridized carbons (Fsp3) is 0.357. The van der Waals surface area contributed by atoms with Crippen LogP contribution in [0.15, 0.2) is 30.5 Å². The first-order chi connectivity index (χ1) is 8.24. The van der Waals surface area contributed by atoms with Gasteiger partial charge in [-0.05, 0) is 18.9 Å².